The van der Waals surface area contributed by atoms with E-state index in [1.807, 2.05) is 31.5 Å². The smallest absolute Gasteiger partial charge is 0.320 e. The zero-order valence-corrected chi connectivity index (χ0v) is 15.4. The van der Waals surface area contributed by atoms with Gasteiger partial charge < -0.3 is 9.84 Å². The highest BCUT2D eigenvalue weighted by Crippen LogP contribution is 2.28. The van der Waals surface area contributed by atoms with Gasteiger partial charge in [-0.1, -0.05) is 25.9 Å². The van der Waals surface area contributed by atoms with Crippen LogP contribution in [0.15, 0.2) is 10.6 Å². The molecular formula is C16H26N6O2. The summed E-state index contributed by atoms with van der Waals surface area (Å²) in [7, 11) is 0. The molecule has 2 rings (SSSR count). The molecule has 0 saturated carbocycles. The average Bonchev–Trinajstić information content (AvgIpc) is 3.01. The van der Waals surface area contributed by atoms with Crippen molar-refractivity contribution in [3.63, 3.8) is 0 Å². The molecule has 24 heavy (non-hydrogen) atoms. The molecule has 8 nitrogen and oxygen atoms in total. The van der Waals surface area contributed by atoms with Crippen molar-refractivity contribution in [1.82, 2.24) is 25.2 Å². The first-order chi connectivity index (χ1) is 11.0. The predicted octanol–water partition coefficient (Wildman–Crippen LogP) is 2.95. The van der Waals surface area contributed by atoms with Crippen LogP contribution in [0.1, 0.15) is 59.0 Å². The molecule has 8 heteroatoms. The van der Waals surface area contributed by atoms with Gasteiger partial charge >= 0.3 is 6.03 Å². The summed E-state index contributed by atoms with van der Waals surface area (Å²) in [6.07, 6.45) is 0. The zero-order valence-electron chi connectivity index (χ0n) is 15.4. The van der Waals surface area contributed by atoms with E-state index in [4.69, 9.17) is 4.52 Å². The fraction of sp³-hybridized carbons (Fsp3) is 0.625. The van der Waals surface area contributed by atoms with E-state index in [1.54, 1.807) is 6.92 Å². The maximum atomic E-state index is 12.2. The first kappa shape index (κ1) is 18.0. The van der Waals surface area contributed by atoms with E-state index in [9.17, 15) is 4.79 Å². The number of hydrogen-bond acceptors (Lipinski definition) is 5. The van der Waals surface area contributed by atoms with Gasteiger partial charge in [0.15, 0.2) is 5.82 Å². The van der Waals surface area contributed by atoms with Crippen LogP contribution in [0, 0.1) is 6.92 Å². The number of carbonyl (C=O) groups excluding carboxylic acids is 1. The maximum Gasteiger partial charge on any atom is 0.320 e. The molecule has 0 aromatic carbocycles. The van der Waals surface area contributed by atoms with E-state index in [2.05, 4.69) is 46.6 Å². The van der Waals surface area contributed by atoms with Gasteiger partial charge in [-0.05, 0) is 27.7 Å². The molecule has 0 unspecified atom stereocenters. The number of carbonyl (C=O) groups is 1. The molecule has 0 atom stereocenters. The molecule has 0 aliphatic rings. The van der Waals surface area contributed by atoms with Crippen LogP contribution in [-0.2, 0) is 17.5 Å². The third-order valence-corrected chi connectivity index (χ3v) is 3.32. The summed E-state index contributed by atoms with van der Waals surface area (Å²) in [6.45, 7) is 14.3. The predicted molar refractivity (Wildman–Crippen MR) is 90.8 cm³/mol. The van der Waals surface area contributed by atoms with Crippen molar-refractivity contribution in [3.8, 4) is 0 Å². The molecule has 2 aromatic heterocycles. The van der Waals surface area contributed by atoms with Gasteiger partial charge in [0.05, 0.1) is 17.8 Å². The van der Waals surface area contributed by atoms with Gasteiger partial charge in [-0.2, -0.15) is 10.1 Å². The zero-order chi connectivity index (χ0) is 18.1. The molecule has 0 fully saturated rings. The number of amides is 2. The van der Waals surface area contributed by atoms with Crippen molar-refractivity contribution in [2.45, 2.75) is 66.0 Å². The lowest BCUT2D eigenvalue weighted by molar-refractivity contribution is 0.249. The minimum atomic E-state index is -0.350. The standard InChI is InChI=1S/C16H26N6O2/c1-10-18-13(24-21-10)9-17-14(23)19-12-8-11(15(2,3)4)20-22(12)16(5,6)7/h8H,9H2,1-7H3,(H2,17,19,23). The first-order valence-electron chi connectivity index (χ1n) is 7.92. The van der Waals surface area contributed by atoms with E-state index in [-0.39, 0.29) is 23.5 Å². The Labute approximate surface area is 142 Å². The molecule has 2 amide bonds. The van der Waals surface area contributed by atoms with Gasteiger partial charge in [-0.15, -0.1) is 0 Å². The van der Waals surface area contributed by atoms with Crippen LogP contribution < -0.4 is 10.6 Å². The van der Waals surface area contributed by atoms with Gasteiger partial charge in [0.1, 0.15) is 5.82 Å². The Morgan fingerprint density at radius 2 is 1.92 bits per heavy atom. The molecule has 0 radical (unpaired) electrons. The Kier molecular flexibility index (Phi) is 4.68. The minimum absolute atomic E-state index is 0.106. The van der Waals surface area contributed by atoms with Gasteiger partial charge in [0, 0.05) is 11.5 Å². The second kappa shape index (κ2) is 6.26. The van der Waals surface area contributed by atoms with Crippen molar-refractivity contribution in [2.75, 3.05) is 5.32 Å². The molecule has 0 spiro atoms. The lowest BCUT2D eigenvalue weighted by Gasteiger charge is -2.23. The van der Waals surface area contributed by atoms with E-state index in [0.717, 1.165) is 5.69 Å². The fourth-order valence-electron chi connectivity index (χ4n) is 2.08. The number of nitrogens with zero attached hydrogens (tertiary/aromatic N) is 4. The maximum absolute atomic E-state index is 12.2. The van der Waals surface area contributed by atoms with Crippen LogP contribution in [0.3, 0.4) is 0 Å². The molecule has 0 bridgehead atoms. The Morgan fingerprint density at radius 3 is 2.42 bits per heavy atom. The van der Waals surface area contributed by atoms with Crippen molar-refractivity contribution in [3.05, 3.63) is 23.5 Å². The van der Waals surface area contributed by atoms with Gasteiger partial charge in [0.25, 0.3) is 0 Å². The van der Waals surface area contributed by atoms with E-state index < -0.39 is 0 Å². The van der Waals surface area contributed by atoms with E-state index in [1.165, 1.54) is 0 Å². The SMILES string of the molecule is Cc1noc(CNC(=O)Nc2cc(C(C)(C)C)nn2C(C)(C)C)n1. The Hall–Kier alpha value is -2.38. The van der Waals surface area contributed by atoms with Crippen LogP contribution in [0.2, 0.25) is 0 Å². The Bertz CT molecular complexity index is 718. The minimum Gasteiger partial charge on any atom is -0.337 e. The molecule has 2 heterocycles. The van der Waals surface area contributed by atoms with Crippen LogP contribution in [0.25, 0.3) is 0 Å². The topological polar surface area (TPSA) is 97.9 Å². The highest BCUT2D eigenvalue weighted by molar-refractivity contribution is 5.88. The number of hydrogen-bond donors (Lipinski definition) is 2. The normalized spacial score (nSPS) is 12.3. The third-order valence-electron chi connectivity index (χ3n) is 3.32. The van der Waals surface area contributed by atoms with Gasteiger partial charge in [-0.25, -0.2) is 9.48 Å². The molecule has 132 valence electrons. The lowest BCUT2D eigenvalue weighted by atomic mass is 9.92. The van der Waals surface area contributed by atoms with E-state index >= 15 is 0 Å². The summed E-state index contributed by atoms with van der Waals surface area (Å²) < 4.78 is 6.79. The summed E-state index contributed by atoms with van der Waals surface area (Å²) in [4.78, 5) is 16.2. The Balaban J connectivity index is 2.12. The quantitative estimate of drug-likeness (QED) is 0.899. The monoisotopic (exact) mass is 334 g/mol. The fourth-order valence-corrected chi connectivity index (χ4v) is 2.08. The number of rotatable bonds is 3. The molecular weight excluding hydrogens is 308 g/mol. The van der Waals surface area contributed by atoms with Crippen LogP contribution in [-0.4, -0.2) is 26.0 Å². The number of urea groups is 1. The highest BCUT2D eigenvalue weighted by Gasteiger charge is 2.25. The summed E-state index contributed by atoms with van der Waals surface area (Å²) in [6, 6.07) is 1.55. The van der Waals surface area contributed by atoms with Crippen molar-refractivity contribution in [1.29, 1.82) is 0 Å². The van der Waals surface area contributed by atoms with Crippen molar-refractivity contribution < 1.29 is 9.32 Å². The number of aromatic nitrogens is 4. The second-order valence-electron chi connectivity index (χ2n) is 7.79. The molecule has 0 aliphatic heterocycles. The van der Waals surface area contributed by atoms with Gasteiger partial charge in [0.2, 0.25) is 5.89 Å². The summed E-state index contributed by atoms with van der Waals surface area (Å²) in [5.41, 5.74) is 0.556. The van der Waals surface area contributed by atoms with Crippen LogP contribution in [0.4, 0.5) is 10.6 Å². The first-order valence-corrected chi connectivity index (χ1v) is 7.92. The number of nitrogens with one attached hydrogen (secondary N) is 2. The molecule has 0 aliphatic carbocycles. The molecule has 2 aromatic rings. The van der Waals surface area contributed by atoms with E-state index in [0.29, 0.717) is 17.5 Å². The summed E-state index contributed by atoms with van der Waals surface area (Å²) in [5.74, 6) is 1.54. The average molecular weight is 334 g/mol. The Morgan fingerprint density at radius 1 is 1.25 bits per heavy atom. The summed E-state index contributed by atoms with van der Waals surface area (Å²) in [5, 5.41) is 13.9. The number of anilines is 1. The van der Waals surface area contributed by atoms with Crippen LogP contribution >= 0.6 is 0 Å². The van der Waals surface area contributed by atoms with Crippen molar-refractivity contribution >= 4 is 11.8 Å². The molecule has 0 saturated heterocycles. The largest absolute Gasteiger partial charge is 0.337 e. The lowest BCUT2D eigenvalue weighted by Crippen LogP contribution is -2.32. The van der Waals surface area contributed by atoms with Crippen molar-refractivity contribution in [2.24, 2.45) is 0 Å². The van der Waals surface area contributed by atoms with Gasteiger partial charge in [-0.3, -0.25) is 5.32 Å². The number of aryl methyl sites for hydroxylation is 1. The summed E-state index contributed by atoms with van der Waals surface area (Å²) >= 11 is 0. The highest BCUT2D eigenvalue weighted by atomic mass is 16.5. The van der Waals surface area contributed by atoms with Crippen LogP contribution in [0.5, 0.6) is 0 Å². The third kappa shape index (κ3) is 4.33. The second-order valence-corrected chi connectivity index (χ2v) is 7.79. The molecule has 2 N–H and O–H groups in total.